The Morgan fingerprint density at radius 3 is 2.25 bits per heavy atom. The minimum atomic E-state index is 0.165. The molecule has 0 unspecified atom stereocenters. The van der Waals surface area contributed by atoms with Gasteiger partial charge in [0.2, 0.25) is 7.66 Å². The monoisotopic (exact) mass is 94.0 g/mol. The Hall–Kier alpha value is 0.450. The predicted octanol–water partition coefficient (Wildman–Crippen LogP) is 1.56. The van der Waals surface area contributed by atoms with Crippen molar-refractivity contribution < 1.29 is 4.57 Å². The average molecular weight is 94.1 g/mol. The van der Waals surface area contributed by atoms with Gasteiger partial charge in [-0.2, -0.15) is 0 Å². The highest BCUT2D eigenvalue weighted by Crippen LogP contribution is 2.09. The molecule has 0 radical (unpaired) electrons. The zero-order valence-electron chi connectivity index (χ0n) is 2.26. The molecule has 24 valence electrons. The zero-order valence-corrected chi connectivity index (χ0v) is 3.97. The summed E-state index contributed by atoms with van der Waals surface area (Å²) in [5.74, 6) is 0. The highest BCUT2D eigenvalue weighted by molar-refractivity contribution is 8.45. The van der Waals surface area contributed by atoms with Crippen LogP contribution in [0, 0.1) is 0 Å². The van der Waals surface area contributed by atoms with Gasteiger partial charge >= 0.3 is 0 Å². The van der Waals surface area contributed by atoms with Crippen LogP contribution >= 0.6 is 19.0 Å². The second kappa shape index (κ2) is 3.45. The molecule has 0 spiro atoms. The van der Waals surface area contributed by atoms with Gasteiger partial charge in [-0.25, -0.2) is 0 Å². The van der Waals surface area contributed by atoms with Gasteiger partial charge in [0.15, 0.2) is 0 Å². The van der Waals surface area contributed by atoms with Crippen molar-refractivity contribution in [1.29, 1.82) is 0 Å². The SMILES string of the molecule is CSP=O. The molecule has 0 aromatic carbocycles. The summed E-state index contributed by atoms with van der Waals surface area (Å²) in [5.41, 5.74) is 0. The van der Waals surface area contributed by atoms with E-state index in [1.807, 2.05) is 0 Å². The van der Waals surface area contributed by atoms with E-state index in [1.165, 1.54) is 11.4 Å². The van der Waals surface area contributed by atoms with Gasteiger partial charge in [0, 0.05) is 0 Å². The summed E-state index contributed by atoms with van der Waals surface area (Å²) in [5, 5.41) is 0. The minimum Gasteiger partial charge on any atom is -0.262 e. The molecule has 0 N–H and O–H groups in total. The van der Waals surface area contributed by atoms with Gasteiger partial charge in [-0.3, -0.25) is 4.57 Å². The molecule has 4 heavy (non-hydrogen) atoms. The Kier molecular flexibility index (Phi) is 3.84. The molecular weight excluding hydrogens is 91.1 g/mol. The van der Waals surface area contributed by atoms with Crippen LogP contribution in [0.2, 0.25) is 0 Å². The maximum atomic E-state index is 9.23. The van der Waals surface area contributed by atoms with E-state index in [2.05, 4.69) is 0 Å². The van der Waals surface area contributed by atoms with Gasteiger partial charge < -0.3 is 0 Å². The molecule has 0 atom stereocenters. The van der Waals surface area contributed by atoms with Crippen molar-refractivity contribution in [1.82, 2.24) is 0 Å². The first kappa shape index (κ1) is 4.45. The summed E-state index contributed by atoms with van der Waals surface area (Å²) in [6, 6.07) is 0. The second-order valence-electron chi connectivity index (χ2n) is 0.257. The third-order valence-electron chi connectivity index (χ3n) is 0.0745. The zero-order chi connectivity index (χ0) is 3.41. The van der Waals surface area contributed by atoms with Crippen molar-refractivity contribution in [3.63, 3.8) is 0 Å². The highest BCUT2D eigenvalue weighted by Gasteiger charge is 1.54. The minimum absolute atomic E-state index is 0.165. The molecule has 0 aromatic heterocycles. The van der Waals surface area contributed by atoms with Gasteiger partial charge in [-0.05, 0) is 6.26 Å². The van der Waals surface area contributed by atoms with E-state index in [4.69, 9.17) is 0 Å². The standard InChI is InChI=1S/CH3OPS/c1-4-3-2/h1H3. The summed E-state index contributed by atoms with van der Waals surface area (Å²) in [6.07, 6.45) is 1.77. The van der Waals surface area contributed by atoms with Gasteiger partial charge in [-0.15, -0.1) is 0 Å². The summed E-state index contributed by atoms with van der Waals surface area (Å²) < 4.78 is 9.23. The van der Waals surface area contributed by atoms with E-state index in [0.717, 1.165) is 0 Å². The smallest absolute Gasteiger partial charge is 0.226 e. The lowest BCUT2D eigenvalue weighted by Gasteiger charge is -1.49. The fourth-order valence-corrected chi connectivity index (χ4v) is 0. The first-order valence-corrected chi connectivity index (χ1v) is 3.42. The van der Waals surface area contributed by atoms with Crippen molar-refractivity contribution in [3.8, 4) is 0 Å². The van der Waals surface area contributed by atoms with Crippen molar-refractivity contribution in [2.24, 2.45) is 0 Å². The van der Waals surface area contributed by atoms with Gasteiger partial charge in [0.05, 0.1) is 0 Å². The lowest BCUT2D eigenvalue weighted by atomic mass is 12.0. The highest BCUT2D eigenvalue weighted by atomic mass is 32.7. The van der Waals surface area contributed by atoms with Crippen molar-refractivity contribution in [2.75, 3.05) is 6.26 Å². The Morgan fingerprint density at radius 1 is 2.00 bits per heavy atom. The van der Waals surface area contributed by atoms with Crippen LogP contribution in [0.5, 0.6) is 0 Å². The molecule has 0 heterocycles. The summed E-state index contributed by atoms with van der Waals surface area (Å²) in [4.78, 5) is 0. The van der Waals surface area contributed by atoms with Crippen LogP contribution in [0.15, 0.2) is 0 Å². The third kappa shape index (κ3) is 2.45. The Balaban J connectivity index is 2.30. The fraction of sp³-hybridized carbons (Fsp3) is 1.00. The normalized spacial score (nSPS) is 8.25. The molecule has 0 aliphatic carbocycles. The van der Waals surface area contributed by atoms with Crippen LogP contribution in [0.1, 0.15) is 0 Å². The molecule has 3 heteroatoms. The molecule has 0 bridgehead atoms. The maximum absolute atomic E-state index is 9.23. The van der Waals surface area contributed by atoms with Crippen molar-refractivity contribution in [2.45, 2.75) is 0 Å². The van der Waals surface area contributed by atoms with Crippen molar-refractivity contribution in [3.05, 3.63) is 0 Å². The second-order valence-corrected chi connectivity index (χ2v) is 2.31. The van der Waals surface area contributed by atoms with Crippen LogP contribution in [-0.4, -0.2) is 6.26 Å². The van der Waals surface area contributed by atoms with Crippen LogP contribution in [0.25, 0.3) is 0 Å². The molecular formula is CH3OPS. The van der Waals surface area contributed by atoms with E-state index in [-0.39, 0.29) is 7.66 Å². The van der Waals surface area contributed by atoms with E-state index in [9.17, 15) is 4.57 Å². The van der Waals surface area contributed by atoms with Crippen molar-refractivity contribution >= 4 is 19.0 Å². The Labute approximate surface area is 30.7 Å². The van der Waals surface area contributed by atoms with Gasteiger partial charge in [0.25, 0.3) is 0 Å². The number of hydrogen-bond acceptors (Lipinski definition) is 2. The molecule has 0 amide bonds. The van der Waals surface area contributed by atoms with Crippen LogP contribution in [0.3, 0.4) is 0 Å². The maximum Gasteiger partial charge on any atom is 0.226 e. The van der Waals surface area contributed by atoms with Crippen LogP contribution in [0.4, 0.5) is 0 Å². The lowest BCUT2D eigenvalue weighted by molar-refractivity contribution is 0.605. The molecule has 0 aliphatic heterocycles. The van der Waals surface area contributed by atoms with Crippen LogP contribution < -0.4 is 0 Å². The largest absolute Gasteiger partial charge is 0.262 e. The first-order chi connectivity index (χ1) is 1.91. The molecule has 0 fully saturated rings. The van der Waals surface area contributed by atoms with E-state index >= 15 is 0 Å². The average Bonchev–Trinajstić information content (AvgIpc) is 1.37. The number of hydrogen-bond donors (Lipinski definition) is 0. The van der Waals surface area contributed by atoms with Crippen LogP contribution in [-0.2, 0) is 4.57 Å². The van der Waals surface area contributed by atoms with E-state index < -0.39 is 0 Å². The first-order valence-electron chi connectivity index (χ1n) is 0.773. The fourth-order valence-electron chi connectivity index (χ4n) is 0. The van der Waals surface area contributed by atoms with Gasteiger partial charge in [0.1, 0.15) is 0 Å². The number of rotatable bonds is 1. The Bertz CT molecular complexity index is 22.0. The quantitative estimate of drug-likeness (QED) is 0.458. The summed E-state index contributed by atoms with van der Waals surface area (Å²) in [6.45, 7) is 0. The van der Waals surface area contributed by atoms with E-state index in [0.29, 0.717) is 0 Å². The summed E-state index contributed by atoms with van der Waals surface area (Å²) in [7, 11) is 0.165. The molecule has 1 nitrogen and oxygen atoms in total. The topological polar surface area (TPSA) is 17.1 Å². The third-order valence-corrected chi connectivity index (χ3v) is 0.671. The van der Waals surface area contributed by atoms with E-state index in [1.54, 1.807) is 6.26 Å². The predicted molar refractivity (Wildman–Crippen MR) is 21.1 cm³/mol. The Morgan fingerprint density at radius 2 is 2.25 bits per heavy atom. The molecule has 0 aliphatic rings. The summed E-state index contributed by atoms with van der Waals surface area (Å²) >= 11 is 1.27. The molecule has 0 saturated heterocycles. The molecule has 0 saturated carbocycles. The molecule has 0 aromatic rings. The lowest BCUT2D eigenvalue weighted by Crippen LogP contribution is -1.12. The van der Waals surface area contributed by atoms with Gasteiger partial charge in [-0.1, -0.05) is 11.4 Å². The molecule has 0 rings (SSSR count).